The zero-order valence-corrected chi connectivity index (χ0v) is 18.1. The zero-order valence-electron chi connectivity index (χ0n) is 18.1. The van der Waals surface area contributed by atoms with Crippen LogP contribution in [0, 0.1) is 25.2 Å². The van der Waals surface area contributed by atoms with Crippen molar-refractivity contribution in [2.75, 3.05) is 10.3 Å². The van der Waals surface area contributed by atoms with Gasteiger partial charge in [0.1, 0.15) is 6.07 Å². The van der Waals surface area contributed by atoms with E-state index in [0.29, 0.717) is 5.69 Å². The van der Waals surface area contributed by atoms with Crippen LogP contribution in [0.3, 0.4) is 0 Å². The second kappa shape index (κ2) is 7.06. The predicted molar refractivity (Wildman–Crippen MR) is 123 cm³/mol. The minimum absolute atomic E-state index is 0.0789. The highest BCUT2D eigenvalue weighted by molar-refractivity contribution is 6.17. The number of hydrogen-bond acceptors (Lipinski definition) is 4. The second-order valence-corrected chi connectivity index (χ2v) is 8.79. The largest absolute Gasteiger partial charge is 0.347 e. The van der Waals surface area contributed by atoms with Crippen LogP contribution in [0.2, 0.25) is 0 Å². The van der Waals surface area contributed by atoms with Gasteiger partial charge in [-0.25, -0.2) is 4.79 Å². The molecule has 160 valence electrons. The highest BCUT2D eigenvalue weighted by Gasteiger charge is 2.50. The molecule has 5 rings (SSSR count). The van der Waals surface area contributed by atoms with Gasteiger partial charge in [0, 0.05) is 5.69 Å². The van der Waals surface area contributed by atoms with E-state index >= 15 is 0 Å². The summed E-state index contributed by atoms with van der Waals surface area (Å²) in [7, 11) is 0. The number of anilines is 2. The molecule has 2 aromatic rings. The number of nitriles is 1. The molecule has 3 aliphatic rings. The summed E-state index contributed by atoms with van der Waals surface area (Å²) >= 11 is 0. The maximum absolute atomic E-state index is 12.5. The van der Waals surface area contributed by atoms with Gasteiger partial charge in [0.2, 0.25) is 5.91 Å². The molecular weight excluding hydrogens is 402 g/mol. The monoisotopic (exact) mass is 425 g/mol. The number of rotatable bonds is 3. The molecule has 7 heteroatoms. The van der Waals surface area contributed by atoms with E-state index in [2.05, 4.69) is 34.4 Å². The molecule has 7 nitrogen and oxygen atoms in total. The third-order valence-corrected chi connectivity index (χ3v) is 6.84. The van der Waals surface area contributed by atoms with Crippen molar-refractivity contribution in [2.24, 2.45) is 5.10 Å². The van der Waals surface area contributed by atoms with Gasteiger partial charge in [0.25, 0.3) is 0 Å². The van der Waals surface area contributed by atoms with Crippen molar-refractivity contribution in [1.29, 1.82) is 5.26 Å². The summed E-state index contributed by atoms with van der Waals surface area (Å²) < 4.78 is 0. The number of hydrazone groups is 1. The fourth-order valence-corrected chi connectivity index (χ4v) is 4.88. The maximum Gasteiger partial charge on any atom is 0.347 e. The zero-order chi connectivity index (χ0) is 22.6. The normalized spacial score (nSPS) is 18.5. The van der Waals surface area contributed by atoms with Gasteiger partial charge in [-0.3, -0.25) is 4.79 Å². The average molecular weight is 425 g/mol. The van der Waals surface area contributed by atoms with Gasteiger partial charge in [-0.15, -0.1) is 0 Å². The Morgan fingerprint density at radius 1 is 1.16 bits per heavy atom. The van der Waals surface area contributed by atoms with Gasteiger partial charge in [-0.1, -0.05) is 25.1 Å². The SMILES string of the molecule is C=C1NC(=O)N(c2cc(C)c(Cc3ccc4c(c3)C3(CCC3)C(=O)N4)c(C)c2)N=C1C#N. The summed E-state index contributed by atoms with van der Waals surface area (Å²) in [5, 5.41) is 20.2. The lowest BCUT2D eigenvalue weighted by Crippen LogP contribution is -2.43. The number of fused-ring (bicyclic) bond motifs is 2. The molecule has 2 N–H and O–H groups in total. The lowest BCUT2D eigenvalue weighted by atomic mass is 9.65. The number of aryl methyl sites for hydroxylation is 2. The molecule has 2 aliphatic heterocycles. The van der Waals surface area contributed by atoms with E-state index in [9.17, 15) is 14.9 Å². The van der Waals surface area contributed by atoms with Crippen molar-refractivity contribution >= 4 is 29.0 Å². The van der Waals surface area contributed by atoms with Crippen molar-refractivity contribution in [3.8, 4) is 6.07 Å². The quantitative estimate of drug-likeness (QED) is 0.771. The third kappa shape index (κ3) is 2.91. The fraction of sp³-hybridized carbons (Fsp3) is 0.280. The summed E-state index contributed by atoms with van der Waals surface area (Å²) in [6, 6.07) is 11.6. The van der Waals surface area contributed by atoms with E-state index in [1.54, 1.807) is 0 Å². The molecule has 0 bridgehead atoms. The van der Waals surface area contributed by atoms with Crippen molar-refractivity contribution in [1.82, 2.24) is 5.32 Å². The molecule has 0 saturated heterocycles. The molecule has 3 amide bonds. The van der Waals surface area contributed by atoms with Crippen LogP contribution < -0.4 is 15.6 Å². The van der Waals surface area contributed by atoms with Gasteiger partial charge >= 0.3 is 6.03 Å². The molecule has 1 saturated carbocycles. The molecule has 1 spiro atoms. The number of carbonyl (C=O) groups excluding carboxylic acids is 2. The van der Waals surface area contributed by atoms with Crippen LogP contribution in [0.1, 0.15) is 47.1 Å². The Morgan fingerprint density at radius 2 is 1.88 bits per heavy atom. The number of hydrogen-bond donors (Lipinski definition) is 2. The average Bonchev–Trinajstić information content (AvgIpc) is 3.02. The van der Waals surface area contributed by atoms with Gasteiger partial charge in [-0.2, -0.15) is 15.4 Å². The topological polar surface area (TPSA) is 97.6 Å². The Morgan fingerprint density at radius 3 is 2.50 bits per heavy atom. The van der Waals surface area contributed by atoms with Crippen molar-refractivity contribution in [2.45, 2.75) is 44.9 Å². The Bertz CT molecular complexity index is 1260. The van der Waals surface area contributed by atoms with E-state index in [4.69, 9.17) is 0 Å². The highest BCUT2D eigenvalue weighted by Crippen LogP contribution is 2.51. The second-order valence-electron chi connectivity index (χ2n) is 8.79. The molecule has 2 heterocycles. The van der Waals surface area contributed by atoms with Gasteiger partial charge in [-0.05, 0) is 79.1 Å². The summed E-state index contributed by atoms with van der Waals surface area (Å²) in [5.41, 5.74) is 6.98. The lowest BCUT2D eigenvalue weighted by molar-refractivity contribution is -0.123. The summed E-state index contributed by atoms with van der Waals surface area (Å²) in [5.74, 6) is 0.132. The van der Waals surface area contributed by atoms with Gasteiger partial charge in [0.05, 0.1) is 16.8 Å². The molecule has 1 aliphatic carbocycles. The summed E-state index contributed by atoms with van der Waals surface area (Å²) in [6.45, 7) is 7.67. The Kier molecular flexibility index (Phi) is 4.41. The van der Waals surface area contributed by atoms with E-state index in [0.717, 1.165) is 53.6 Å². The smallest absolute Gasteiger partial charge is 0.325 e. The van der Waals surface area contributed by atoms with Crippen molar-refractivity contribution in [3.63, 3.8) is 0 Å². The van der Waals surface area contributed by atoms with Gasteiger partial charge < -0.3 is 10.6 Å². The minimum Gasteiger partial charge on any atom is -0.325 e. The minimum atomic E-state index is -0.442. The Hall–Kier alpha value is -3.92. The van der Waals surface area contributed by atoms with E-state index in [-0.39, 0.29) is 22.7 Å². The highest BCUT2D eigenvalue weighted by atomic mass is 16.2. The number of nitrogens with one attached hydrogen (secondary N) is 2. The summed E-state index contributed by atoms with van der Waals surface area (Å²) in [4.78, 5) is 24.9. The molecule has 1 fully saturated rings. The van der Waals surface area contributed by atoms with Crippen LogP contribution in [0.5, 0.6) is 0 Å². The van der Waals surface area contributed by atoms with Crippen LogP contribution in [-0.2, 0) is 16.6 Å². The van der Waals surface area contributed by atoms with Gasteiger partial charge in [0.15, 0.2) is 5.71 Å². The number of carbonyl (C=O) groups is 2. The molecule has 0 aromatic heterocycles. The predicted octanol–water partition coefficient (Wildman–Crippen LogP) is 4.19. The number of allylic oxidation sites excluding steroid dienone is 1. The van der Waals surface area contributed by atoms with E-state index in [1.807, 2.05) is 38.1 Å². The number of benzene rings is 2. The standard InChI is InChI=1S/C25H23N5O2/c1-14-9-18(30-24(32)27-16(3)22(13-26)29-30)10-15(2)19(14)11-17-5-6-21-20(12-17)25(7-4-8-25)23(31)28-21/h5-6,9-10,12H,3-4,7-8,11H2,1-2H3,(H,27,32)(H,28,31). The Balaban J connectivity index is 1.46. The molecule has 0 radical (unpaired) electrons. The molecule has 2 aromatic carbocycles. The van der Waals surface area contributed by atoms with Crippen molar-refractivity contribution in [3.05, 3.63) is 70.4 Å². The van der Waals surface area contributed by atoms with E-state index in [1.165, 1.54) is 10.6 Å². The molecular formula is C25H23N5O2. The first kappa shape index (κ1) is 20.0. The van der Waals surface area contributed by atoms with Crippen LogP contribution in [0.25, 0.3) is 0 Å². The maximum atomic E-state index is 12.5. The fourth-order valence-electron chi connectivity index (χ4n) is 4.88. The molecule has 32 heavy (non-hydrogen) atoms. The van der Waals surface area contributed by atoms with Crippen LogP contribution in [-0.4, -0.2) is 17.6 Å². The number of urea groups is 1. The van der Waals surface area contributed by atoms with Crippen LogP contribution in [0.15, 0.2) is 47.7 Å². The first-order valence-electron chi connectivity index (χ1n) is 10.7. The van der Waals surface area contributed by atoms with E-state index < -0.39 is 6.03 Å². The van der Waals surface area contributed by atoms with Crippen LogP contribution >= 0.6 is 0 Å². The number of nitrogens with zero attached hydrogens (tertiary/aromatic N) is 3. The third-order valence-electron chi connectivity index (χ3n) is 6.84. The lowest BCUT2D eigenvalue weighted by Gasteiger charge is -2.36. The number of amides is 3. The first-order chi connectivity index (χ1) is 15.3. The summed E-state index contributed by atoms with van der Waals surface area (Å²) in [6.07, 6.45) is 3.64. The first-order valence-corrected chi connectivity index (χ1v) is 10.7. The van der Waals surface area contributed by atoms with Crippen molar-refractivity contribution < 1.29 is 9.59 Å². The molecule has 0 atom stereocenters. The molecule has 0 unspecified atom stereocenters. The Labute approximate surface area is 186 Å². The van der Waals surface area contributed by atoms with Crippen LogP contribution in [0.4, 0.5) is 16.2 Å².